The van der Waals surface area contributed by atoms with E-state index in [2.05, 4.69) is 17.4 Å². The van der Waals surface area contributed by atoms with Gasteiger partial charge in [0, 0.05) is 5.92 Å². The predicted molar refractivity (Wildman–Crippen MR) is 139 cm³/mol. The molecule has 2 aromatic rings. The molecule has 2 atom stereocenters. The van der Waals surface area contributed by atoms with Gasteiger partial charge < -0.3 is 9.84 Å². The fourth-order valence-corrected chi connectivity index (χ4v) is 4.58. The SMILES string of the molecule is C=CCCC[C@](C)(NN[C@@H](CC(C)C)C(=O)C(=O)OCC1c2ccccc2-c2ccccc21)C(=O)O. The van der Waals surface area contributed by atoms with E-state index in [0.29, 0.717) is 25.7 Å². The molecule has 0 spiro atoms. The van der Waals surface area contributed by atoms with Crippen molar-refractivity contribution >= 4 is 17.7 Å². The van der Waals surface area contributed by atoms with Gasteiger partial charge in [-0.15, -0.1) is 6.58 Å². The summed E-state index contributed by atoms with van der Waals surface area (Å²) in [5, 5.41) is 9.74. The lowest BCUT2D eigenvalue weighted by atomic mass is 9.95. The Morgan fingerprint density at radius 1 is 1.08 bits per heavy atom. The van der Waals surface area contributed by atoms with Crippen LogP contribution in [0.15, 0.2) is 61.2 Å². The van der Waals surface area contributed by atoms with Crippen molar-refractivity contribution in [2.24, 2.45) is 5.92 Å². The van der Waals surface area contributed by atoms with Gasteiger partial charge >= 0.3 is 11.9 Å². The molecule has 7 heteroatoms. The minimum atomic E-state index is -1.31. The second-order valence-electron chi connectivity index (χ2n) is 9.96. The lowest BCUT2D eigenvalue weighted by Crippen LogP contribution is -2.60. The number of rotatable bonds is 14. The van der Waals surface area contributed by atoms with Crippen molar-refractivity contribution in [1.29, 1.82) is 0 Å². The average molecular weight is 493 g/mol. The number of esters is 1. The van der Waals surface area contributed by atoms with Gasteiger partial charge in [-0.1, -0.05) is 68.5 Å². The van der Waals surface area contributed by atoms with Crippen LogP contribution in [0.25, 0.3) is 11.1 Å². The molecule has 0 saturated heterocycles. The van der Waals surface area contributed by atoms with E-state index in [1.165, 1.54) is 0 Å². The zero-order valence-electron chi connectivity index (χ0n) is 21.3. The Bertz CT molecular complexity index is 1070. The first kappa shape index (κ1) is 27.3. The number of ketones is 1. The smallest absolute Gasteiger partial charge is 0.376 e. The van der Waals surface area contributed by atoms with Crippen molar-refractivity contribution in [3.63, 3.8) is 0 Å². The molecule has 0 bridgehead atoms. The summed E-state index contributed by atoms with van der Waals surface area (Å²) in [4.78, 5) is 37.8. The van der Waals surface area contributed by atoms with Gasteiger partial charge in [-0.2, -0.15) is 0 Å². The number of carbonyl (C=O) groups excluding carboxylic acids is 2. The van der Waals surface area contributed by atoms with Crippen LogP contribution in [-0.4, -0.2) is 41.0 Å². The molecule has 1 aliphatic carbocycles. The zero-order chi connectivity index (χ0) is 26.3. The van der Waals surface area contributed by atoms with Crippen LogP contribution in [-0.2, 0) is 19.1 Å². The maximum Gasteiger partial charge on any atom is 0.376 e. The molecule has 0 saturated carbocycles. The fourth-order valence-electron chi connectivity index (χ4n) is 4.58. The van der Waals surface area contributed by atoms with Gasteiger partial charge in [0.2, 0.25) is 0 Å². The normalized spacial score (nSPS) is 15.0. The molecule has 7 nitrogen and oxygen atoms in total. The molecule has 0 aliphatic heterocycles. The number of hydrogen-bond donors (Lipinski definition) is 3. The van der Waals surface area contributed by atoms with Crippen LogP contribution in [0.5, 0.6) is 0 Å². The van der Waals surface area contributed by atoms with Crippen LogP contribution >= 0.6 is 0 Å². The van der Waals surface area contributed by atoms with Crippen LogP contribution in [0, 0.1) is 5.92 Å². The molecule has 1 aliphatic rings. The molecule has 3 N–H and O–H groups in total. The number of ether oxygens (including phenoxy) is 1. The van der Waals surface area contributed by atoms with E-state index in [9.17, 15) is 19.5 Å². The second-order valence-corrected chi connectivity index (χ2v) is 9.96. The molecule has 0 unspecified atom stereocenters. The zero-order valence-corrected chi connectivity index (χ0v) is 21.3. The number of aliphatic carboxylic acids is 1. The van der Waals surface area contributed by atoms with Crippen molar-refractivity contribution in [3.05, 3.63) is 72.3 Å². The number of benzene rings is 2. The average Bonchev–Trinajstić information content (AvgIpc) is 3.18. The summed E-state index contributed by atoms with van der Waals surface area (Å²) in [6.07, 6.45) is 3.71. The minimum absolute atomic E-state index is 0.0504. The van der Waals surface area contributed by atoms with E-state index >= 15 is 0 Å². The number of hydrazine groups is 1. The first-order chi connectivity index (χ1) is 17.2. The fraction of sp³-hybridized carbons (Fsp3) is 0.414. The topological polar surface area (TPSA) is 105 Å². The Morgan fingerprint density at radius 2 is 1.67 bits per heavy atom. The molecule has 0 aromatic heterocycles. The minimum Gasteiger partial charge on any atom is -0.480 e. The summed E-state index contributed by atoms with van der Waals surface area (Å²) in [7, 11) is 0. The summed E-state index contributed by atoms with van der Waals surface area (Å²) in [5.41, 5.74) is 8.67. The molecule has 0 radical (unpaired) electrons. The maximum atomic E-state index is 13.1. The van der Waals surface area contributed by atoms with Crippen molar-refractivity contribution in [1.82, 2.24) is 10.9 Å². The first-order valence-corrected chi connectivity index (χ1v) is 12.4. The van der Waals surface area contributed by atoms with Crippen molar-refractivity contribution < 1.29 is 24.2 Å². The molecule has 192 valence electrons. The largest absolute Gasteiger partial charge is 0.480 e. The number of carboxylic acid groups (broad SMARTS) is 1. The Morgan fingerprint density at radius 3 is 2.19 bits per heavy atom. The van der Waals surface area contributed by atoms with Crippen LogP contribution in [0.3, 0.4) is 0 Å². The Labute approximate surface area is 212 Å². The van der Waals surface area contributed by atoms with E-state index in [-0.39, 0.29) is 18.4 Å². The standard InChI is InChI=1S/C29H36N2O5/c1-5-6-11-16-29(4,28(34)35)31-30-25(17-19(2)3)26(32)27(33)36-18-24-22-14-9-7-12-20(22)21-13-8-10-15-23(21)24/h5,7-10,12-15,19,24-25,30-31H,1,6,11,16-18H2,2-4H3,(H,34,35)/t25-,29-/m0/s1. The quantitative estimate of drug-likeness (QED) is 0.116. The highest BCUT2D eigenvalue weighted by Crippen LogP contribution is 2.44. The van der Waals surface area contributed by atoms with Gasteiger partial charge in [-0.05, 0) is 60.8 Å². The first-order valence-electron chi connectivity index (χ1n) is 12.4. The molecule has 0 heterocycles. The van der Waals surface area contributed by atoms with Crippen LogP contribution in [0.1, 0.15) is 63.5 Å². The van der Waals surface area contributed by atoms with Crippen LogP contribution < -0.4 is 10.9 Å². The number of allylic oxidation sites excluding steroid dienone is 1. The van der Waals surface area contributed by atoms with Gasteiger partial charge in [0.25, 0.3) is 5.78 Å². The van der Waals surface area contributed by atoms with E-state index < -0.39 is 29.3 Å². The summed E-state index contributed by atoms with van der Waals surface area (Å²) in [5.74, 6) is -2.76. The van der Waals surface area contributed by atoms with Gasteiger partial charge in [0.1, 0.15) is 12.1 Å². The number of hydrogen-bond acceptors (Lipinski definition) is 6. The summed E-state index contributed by atoms with van der Waals surface area (Å²) in [6, 6.07) is 15.1. The number of nitrogens with one attached hydrogen (secondary N) is 2. The van der Waals surface area contributed by atoms with Gasteiger partial charge in [-0.25, -0.2) is 15.6 Å². The highest BCUT2D eigenvalue weighted by atomic mass is 16.5. The molecule has 3 rings (SSSR count). The van der Waals surface area contributed by atoms with Gasteiger partial charge in [-0.3, -0.25) is 9.59 Å². The molecular formula is C29H36N2O5. The highest BCUT2D eigenvalue weighted by molar-refractivity contribution is 6.35. The van der Waals surface area contributed by atoms with Gasteiger partial charge in [0.15, 0.2) is 0 Å². The number of unbranched alkanes of at least 4 members (excludes halogenated alkanes) is 1. The number of fused-ring (bicyclic) bond motifs is 3. The lowest BCUT2D eigenvalue weighted by molar-refractivity contribution is -0.155. The molecule has 36 heavy (non-hydrogen) atoms. The third kappa shape index (κ3) is 6.28. The second kappa shape index (κ2) is 12.1. The lowest BCUT2D eigenvalue weighted by Gasteiger charge is -2.29. The highest BCUT2D eigenvalue weighted by Gasteiger charge is 2.36. The maximum absolute atomic E-state index is 13.1. The van der Waals surface area contributed by atoms with Gasteiger partial charge in [0.05, 0.1) is 6.04 Å². The third-order valence-corrected chi connectivity index (χ3v) is 6.65. The Hall–Kier alpha value is -3.29. The predicted octanol–water partition coefficient (Wildman–Crippen LogP) is 4.62. The molecule has 0 fully saturated rings. The summed E-state index contributed by atoms with van der Waals surface area (Å²) >= 11 is 0. The molecule has 0 amide bonds. The Balaban J connectivity index is 1.68. The van der Waals surface area contributed by atoms with E-state index in [1.54, 1.807) is 13.0 Å². The van der Waals surface area contributed by atoms with Crippen molar-refractivity contribution in [3.8, 4) is 11.1 Å². The summed E-state index contributed by atoms with van der Waals surface area (Å²) in [6.45, 7) is 9.13. The number of carbonyl (C=O) groups is 3. The van der Waals surface area contributed by atoms with Crippen molar-refractivity contribution in [2.75, 3.05) is 6.61 Å². The van der Waals surface area contributed by atoms with E-state index in [4.69, 9.17) is 4.74 Å². The van der Waals surface area contributed by atoms with E-state index in [1.807, 2.05) is 62.4 Å². The third-order valence-electron chi connectivity index (χ3n) is 6.65. The van der Waals surface area contributed by atoms with E-state index in [0.717, 1.165) is 22.3 Å². The molecular weight excluding hydrogens is 456 g/mol. The number of Topliss-reactive ketones (excluding diaryl/α,β-unsaturated/α-hetero) is 1. The molecule has 2 aromatic carbocycles. The van der Waals surface area contributed by atoms with Crippen molar-refractivity contribution in [2.45, 2.75) is 64.0 Å². The monoisotopic (exact) mass is 492 g/mol. The van der Waals surface area contributed by atoms with Crippen LogP contribution in [0.4, 0.5) is 0 Å². The van der Waals surface area contributed by atoms with Crippen LogP contribution in [0.2, 0.25) is 0 Å². The Kier molecular flexibility index (Phi) is 9.18. The number of carboxylic acids is 1. The summed E-state index contributed by atoms with van der Waals surface area (Å²) < 4.78 is 5.54.